The van der Waals surface area contributed by atoms with Crippen LogP contribution < -0.4 is 5.32 Å². The summed E-state index contributed by atoms with van der Waals surface area (Å²) in [6.07, 6.45) is 1.71. The van der Waals surface area contributed by atoms with Gasteiger partial charge in [-0.05, 0) is 33.9 Å². The molecule has 2 aromatic heterocycles. The molecule has 0 amide bonds. The largest absolute Gasteiger partial charge is 0.469 e. The van der Waals surface area contributed by atoms with Gasteiger partial charge in [0.1, 0.15) is 10.8 Å². The van der Waals surface area contributed by atoms with Crippen molar-refractivity contribution in [1.82, 2.24) is 10.3 Å². The molecule has 1 unspecified atom stereocenters. The third-order valence-electron chi connectivity index (χ3n) is 2.75. The molecule has 0 fully saturated rings. The first-order chi connectivity index (χ1) is 7.63. The first-order valence-corrected chi connectivity index (χ1v) is 6.14. The lowest BCUT2D eigenvalue weighted by atomic mass is 10.2. The highest BCUT2D eigenvalue weighted by Gasteiger charge is 2.15. The predicted molar refractivity (Wildman–Crippen MR) is 66.8 cm³/mol. The van der Waals surface area contributed by atoms with Crippen molar-refractivity contribution in [3.8, 4) is 10.6 Å². The molecular formula is C12H16N2OS. The van der Waals surface area contributed by atoms with Crippen molar-refractivity contribution >= 4 is 11.3 Å². The van der Waals surface area contributed by atoms with E-state index in [0.717, 1.165) is 22.0 Å². The number of aromatic nitrogens is 1. The molecule has 0 aromatic carbocycles. The summed E-state index contributed by atoms with van der Waals surface area (Å²) in [5.41, 5.74) is 2.20. The minimum Gasteiger partial charge on any atom is -0.469 e. The molecule has 1 N–H and O–H groups in total. The zero-order valence-corrected chi connectivity index (χ0v) is 10.8. The van der Waals surface area contributed by atoms with E-state index in [1.165, 1.54) is 4.88 Å². The van der Waals surface area contributed by atoms with Gasteiger partial charge < -0.3 is 9.73 Å². The maximum absolute atomic E-state index is 5.31. The minimum atomic E-state index is 0.346. The van der Waals surface area contributed by atoms with Crippen LogP contribution in [0, 0.1) is 13.8 Å². The van der Waals surface area contributed by atoms with Crippen LogP contribution in [0.15, 0.2) is 16.7 Å². The number of nitrogens with zero attached hydrogens (tertiary/aromatic N) is 1. The van der Waals surface area contributed by atoms with Gasteiger partial charge in [0, 0.05) is 10.9 Å². The lowest BCUT2D eigenvalue weighted by Crippen LogP contribution is -2.11. The Bertz CT molecular complexity index is 487. The first kappa shape index (κ1) is 11.4. The second-order valence-corrected chi connectivity index (χ2v) is 4.90. The molecule has 0 aliphatic carbocycles. The van der Waals surface area contributed by atoms with E-state index in [1.807, 2.05) is 20.0 Å². The molecule has 0 spiro atoms. The summed E-state index contributed by atoms with van der Waals surface area (Å²) in [5.74, 6) is 0.928. The zero-order valence-electron chi connectivity index (χ0n) is 10.00. The first-order valence-electron chi connectivity index (χ1n) is 5.32. The number of aryl methyl sites for hydroxylation is 2. The fourth-order valence-electron chi connectivity index (χ4n) is 1.66. The Kier molecular flexibility index (Phi) is 3.12. The lowest BCUT2D eigenvalue weighted by molar-refractivity contribution is 0.535. The molecule has 0 bridgehead atoms. The van der Waals surface area contributed by atoms with Crippen LogP contribution in [0.3, 0.4) is 0 Å². The fourth-order valence-corrected chi connectivity index (χ4v) is 2.86. The zero-order chi connectivity index (χ0) is 11.7. The number of nitrogens with one attached hydrogen (secondary N) is 1. The summed E-state index contributed by atoms with van der Waals surface area (Å²) in [6, 6.07) is 2.32. The van der Waals surface area contributed by atoms with Crippen molar-refractivity contribution in [1.29, 1.82) is 0 Å². The summed E-state index contributed by atoms with van der Waals surface area (Å²) in [4.78, 5) is 5.89. The average molecular weight is 236 g/mol. The molecule has 3 nitrogen and oxygen atoms in total. The topological polar surface area (TPSA) is 38.1 Å². The molecule has 0 saturated carbocycles. The Balaban J connectivity index is 2.42. The maximum Gasteiger partial charge on any atom is 0.127 e. The van der Waals surface area contributed by atoms with E-state index in [4.69, 9.17) is 4.42 Å². The van der Waals surface area contributed by atoms with E-state index in [2.05, 4.69) is 24.1 Å². The molecule has 0 aliphatic rings. The molecule has 0 radical (unpaired) electrons. The molecule has 1 atom stereocenters. The van der Waals surface area contributed by atoms with Crippen molar-refractivity contribution < 1.29 is 4.42 Å². The van der Waals surface area contributed by atoms with Gasteiger partial charge in [0.15, 0.2) is 0 Å². The van der Waals surface area contributed by atoms with Crippen molar-refractivity contribution in [2.24, 2.45) is 0 Å². The van der Waals surface area contributed by atoms with E-state index in [1.54, 1.807) is 17.6 Å². The molecular weight excluding hydrogens is 220 g/mol. The molecule has 4 heteroatoms. The third kappa shape index (κ3) is 1.90. The van der Waals surface area contributed by atoms with Gasteiger partial charge in [-0.1, -0.05) is 0 Å². The quantitative estimate of drug-likeness (QED) is 0.888. The van der Waals surface area contributed by atoms with Crippen molar-refractivity contribution in [3.63, 3.8) is 0 Å². The van der Waals surface area contributed by atoms with Crippen LogP contribution in [-0.4, -0.2) is 12.0 Å². The molecule has 0 saturated heterocycles. The van der Waals surface area contributed by atoms with E-state index in [0.29, 0.717) is 6.04 Å². The summed E-state index contributed by atoms with van der Waals surface area (Å²) in [7, 11) is 1.96. The Morgan fingerprint density at radius 2 is 2.19 bits per heavy atom. The smallest absolute Gasteiger partial charge is 0.127 e. The molecule has 2 rings (SSSR count). The summed E-state index contributed by atoms with van der Waals surface area (Å²) in [5, 5.41) is 4.28. The van der Waals surface area contributed by atoms with E-state index >= 15 is 0 Å². The lowest BCUT2D eigenvalue weighted by Gasteiger charge is -2.06. The van der Waals surface area contributed by atoms with Gasteiger partial charge in [0.05, 0.1) is 17.5 Å². The van der Waals surface area contributed by atoms with Gasteiger partial charge in [0.25, 0.3) is 0 Å². The van der Waals surface area contributed by atoms with Crippen LogP contribution in [0.2, 0.25) is 0 Å². The SMILES string of the molecule is CNC(C)c1sc(-c2ccoc2C)nc1C. The molecule has 2 heterocycles. The van der Waals surface area contributed by atoms with Gasteiger partial charge in [-0.2, -0.15) is 0 Å². The summed E-state index contributed by atoms with van der Waals surface area (Å²) >= 11 is 1.73. The summed E-state index contributed by atoms with van der Waals surface area (Å²) < 4.78 is 5.31. The Morgan fingerprint density at radius 3 is 2.75 bits per heavy atom. The average Bonchev–Trinajstić information content (AvgIpc) is 2.83. The highest BCUT2D eigenvalue weighted by atomic mass is 32.1. The van der Waals surface area contributed by atoms with Crippen LogP contribution in [-0.2, 0) is 0 Å². The van der Waals surface area contributed by atoms with E-state index < -0.39 is 0 Å². The molecule has 16 heavy (non-hydrogen) atoms. The monoisotopic (exact) mass is 236 g/mol. The number of furan rings is 1. The number of hydrogen-bond acceptors (Lipinski definition) is 4. The van der Waals surface area contributed by atoms with Crippen LogP contribution in [0.25, 0.3) is 10.6 Å². The van der Waals surface area contributed by atoms with Crippen LogP contribution in [0.1, 0.15) is 29.3 Å². The van der Waals surface area contributed by atoms with Gasteiger partial charge in [0.2, 0.25) is 0 Å². The minimum absolute atomic E-state index is 0.346. The predicted octanol–water partition coefficient (Wildman–Crippen LogP) is 3.30. The van der Waals surface area contributed by atoms with Gasteiger partial charge in [-0.3, -0.25) is 0 Å². The molecule has 86 valence electrons. The third-order valence-corrected chi connectivity index (χ3v) is 4.12. The van der Waals surface area contributed by atoms with E-state index in [9.17, 15) is 0 Å². The Morgan fingerprint density at radius 1 is 1.44 bits per heavy atom. The van der Waals surface area contributed by atoms with Crippen LogP contribution >= 0.6 is 11.3 Å². The highest BCUT2D eigenvalue weighted by molar-refractivity contribution is 7.15. The van der Waals surface area contributed by atoms with Crippen molar-refractivity contribution in [3.05, 3.63) is 28.7 Å². The van der Waals surface area contributed by atoms with Gasteiger partial charge >= 0.3 is 0 Å². The number of hydrogen-bond donors (Lipinski definition) is 1. The number of rotatable bonds is 3. The summed E-state index contributed by atoms with van der Waals surface area (Å²) in [6.45, 7) is 6.17. The highest BCUT2D eigenvalue weighted by Crippen LogP contribution is 2.33. The van der Waals surface area contributed by atoms with Gasteiger partial charge in [-0.25, -0.2) is 4.98 Å². The van der Waals surface area contributed by atoms with E-state index in [-0.39, 0.29) is 0 Å². The van der Waals surface area contributed by atoms with Crippen molar-refractivity contribution in [2.75, 3.05) is 7.05 Å². The fraction of sp³-hybridized carbons (Fsp3) is 0.417. The molecule has 0 aliphatic heterocycles. The van der Waals surface area contributed by atoms with Gasteiger partial charge in [-0.15, -0.1) is 11.3 Å². The molecule has 2 aromatic rings. The van der Waals surface area contributed by atoms with Crippen LogP contribution in [0.5, 0.6) is 0 Å². The second kappa shape index (κ2) is 4.39. The van der Waals surface area contributed by atoms with Crippen LogP contribution in [0.4, 0.5) is 0 Å². The van der Waals surface area contributed by atoms with Crippen molar-refractivity contribution in [2.45, 2.75) is 26.8 Å². The Hall–Kier alpha value is -1.13. The normalized spacial score (nSPS) is 13.0. The Labute approximate surface area is 99.5 Å². The standard InChI is InChI=1S/C12H16N2OS/c1-7(13-4)11-8(2)14-12(16-11)10-5-6-15-9(10)3/h5-7,13H,1-4H3. The second-order valence-electron chi connectivity index (χ2n) is 3.87. The number of thiazole rings is 1. The maximum atomic E-state index is 5.31.